The summed E-state index contributed by atoms with van der Waals surface area (Å²) in [5.74, 6) is -1.13. The van der Waals surface area contributed by atoms with Crippen molar-refractivity contribution in [1.29, 1.82) is 0 Å². The van der Waals surface area contributed by atoms with Gasteiger partial charge in [-0.15, -0.1) is 0 Å². The zero-order valence-electron chi connectivity index (χ0n) is 15.3. The highest BCUT2D eigenvalue weighted by Gasteiger charge is 2.23. The van der Waals surface area contributed by atoms with Gasteiger partial charge in [-0.25, -0.2) is 8.78 Å². The monoisotopic (exact) mass is 373 g/mol. The molecule has 1 aliphatic heterocycles. The van der Waals surface area contributed by atoms with Gasteiger partial charge in [0.2, 0.25) is 5.91 Å². The molecule has 1 fully saturated rings. The van der Waals surface area contributed by atoms with Gasteiger partial charge in [0.05, 0.1) is 5.92 Å². The van der Waals surface area contributed by atoms with Gasteiger partial charge in [-0.2, -0.15) is 0 Å². The van der Waals surface area contributed by atoms with E-state index < -0.39 is 11.6 Å². The number of piperidine rings is 1. The molecular weight excluding hydrogens is 348 g/mol. The molecule has 1 aliphatic rings. The molecule has 0 unspecified atom stereocenters. The van der Waals surface area contributed by atoms with Crippen LogP contribution in [0, 0.1) is 17.6 Å². The van der Waals surface area contributed by atoms with E-state index in [0.717, 1.165) is 49.2 Å². The molecule has 3 rings (SSSR count). The molecule has 1 saturated heterocycles. The van der Waals surface area contributed by atoms with E-state index in [9.17, 15) is 13.6 Å². The van der Waals surface area contributed by atoms with Crippen molar-refractivity contribution >= 4 is 5.91 Å². The third-order valence-corrected chi connectivity index (χ3v) is 4.96. The van der Waals surface area contributed by atoms with Crippen LogP contribution in [-0.4, -0.2) is 23.9 Å². The van der Waals surface area contributed by atoms with E-state index in [4.69, 9.17) is 5.73 Å². The van der Waals surface area contributed by atoms with Gasteiger partial charge < -0.3 is 11.1 Å². The molecule has 27 heavy (non-hydrogen) atoms. The lowest BCUT2D eigenvalue weighted by Gasteiger charge is -2.31. The molecule has 0 aromatic heterocycles. The number of halogens is 2. The summed E-state index contributed by atoms with van der Waals surface area (Å²) in [5.41, 5.74) is 8.00. The van der Waals surface area contributed by atoms with Gasteiger partial charge in [-0.3, -0.25) is 9.69 Å². The normalized spacial score (nSPS) is 17.8. The number of primary amides is 1. The number of nitrogens with zero attached hydrogens (tertiary/aromatic N) is 1. The molecule has 2 aromatic carbocycles. The zero-order chi connectivity index (χ0) is 19.2. The molecule has 144 valence electrons. The number of carbonyl (C=O) groups excluding carboxylic acids is 1. The van der Waals surface area contributed by atoms with Gasteiger partial charge >= 0.3 is 0 Å². The van der Waals surface area contributed by atoms with E-state index in [1.165, 1.54) is 6.07 Å². The lowest BCUT2D eigenvalue weighted by Crippen LogP contribution is -2.40. The van der Waals surface area contributed by atoms with Crippen LogP contribution in [-0.2, 0) is 24.4 Å². The fraction of sp³-hybridized carbons (Fsp3) is 0.381. The van der Waals surface area contributed by atoms with Crippen LogP contribution in [0.5, 0.6) is 0 Å². The Morgan fingerprint density at radius 1 is 1.15 bits per heavy atom. The molecule has 2 aromatic rings. The number of nitrogens with two attached hydrogens (primary N) is 1. The average molecular weight is 373 g/mol. The number of rotatable bonds is 7. The number of benzene rings is 2. The second kappa shape index (κ2) is 9.06. The number of nitrogens with one attached hydrogen (secondary N) is 1. The first kappa shape index (κ1) is 19.5. The van der Waals surface area contributed by atoms with Crippen molar-refractivity contribution in [1.82, 2.24) is 10.2 Å². The first-order chi connectivity index (χ1) is 13.0. The number of hydrogen-bond donors (Lipinski definition) is 2. The van der Waals surface area contributed by atoms with Crippen LogP contribution in [0.1, 0.15) is 29.5 Å². The van der Waals surface area contributed by atoms with Crippen LogP contribution in [0.2, 0.25) is 0 Å². The van der Waals surface area contributed by atoms with E-state index in [-0.39, 0.29) is 18.4 Å². The topological polar surface area (TPSA) is 58.4 Å². The highest BCUT2D eigenvalue weighted by Crippen LogP contribution is 2.19. The van der Waals surface area contributed by atoms with Crippen molar-refractivity contribution in [3.8, 4) is 0 Å². The minimum Gasteiger partial charge on any atom is -0.369 e. The van der Waals surface area contributed by atoms with Crippen molar-refractivity contribution in [2.75, 3.05) is 13.1 Å². The summed E-state index contributed by atoms with van der Waals surface area (Å²) in [6, 6.07) is 11.6. The average Bonchev–Trinajstić information content (AvgIpc) is 2.65. The summed E-state index contributed by atoms with van der Waals surface area (Å²) in [5, 5.41) is 3.16. The highest BCUT2D eigenvalue weighted by molar-refractivity contribution is 5.76. The summed E-state index contributed by atoms with van der Waals surface area (Å²) in [6.45, 7) is 3.27. The SMILES string of the molecule is NC(=O)[C@H]1CCCN(Cc2cccc(CNCc3cc(F)ccc3F)c2)C1. The fourth-order valence-corrected chi connectivity index (χ4v) is 3.55. The number of carbonyl (C=O) groups is 1. The first-order valence-electron chi connectivity index (χ1n) is 9.25. The molecule has 1 amide bonds. The summed E-state index contributed by atoms with van der Waals surface area (Å²) in [6.07, 6.45) is 1.85. The highest BCUT2D eigenvalue weighted by atomic mass is 19.1. The maximum Gasteiger partial charge on any atom is 0.221 e. The van der Waals surface area contributed by atoms with Crippen LogP contribution >= 0.6 is 0 Å². The molecule has 4 nitrogen and oxygen atoms in total. The molecular formula is C21H25F2N3O. The van der Waals surface area contributed by atoms with Gasteiger partial charge in [0.25, 0.3) is 0 Å². The van der Waals surface area contributed by atoms with Crippen LogP contribution in [0.25, 0.3) is 0 Å². The van der Waals surface area contributed by atoms with Gasteiger partial charge in [0, 0.05) is 31.7 Å². The zero-order valence-corrected chi connectivity index (χ0v) is 15.3. The van der Waals surface area contributed by atoms with Crippen molar-refractivity contribution < 1.29 is 13.6 Å². The summed E-state index contributed by atoms with van der Waals surface area (Å²) in [4.78, 5) is 13.7. The van der Waals surface area contributed by atoms with Crippen molar-refractivity contribution in [3.05, 3.63) is 70.8 Å². The standard InChI is InChI=1S/C21H25F2N3O/c22-19-6-7-20(23)18(10-19)12-25-11-15-3-1-4-16(9-15)13-26-8-2-5-17(14-26)21(24)27/h1,3-4,6-7,9-10,17,25H,2,5,8,11-14H2,(H2,24,27)/t17-/m0/s1. The van der Waals surface area contributed by atoms with Crippen molar-refractivity contribution in [2.24, 2.45) is 11.7 Å². The number of likely N-dealkylation sites (tertiary alicyclic amines) is 1. The molecule has 0 spiro atoms. The third kappa shape index (κ3) is 5.58. The maximum atomic E-state index is 13.7. The quantitative estimate of drug-likeness (QED) is 0.785. The molecule has 0 radical (unpaired) electrons. The summed E-state index contributed by atoms with van der Waals surface area (Å²) in [7, 11) is 0. The van der Waals surface area contributed by atoms with Gasteiger partial charge in [0.15, 0.2) is 0 Å². The van der Waals surface area contributed by atoms with Crippen LogP contribution in [0.15, 0.2) is 42.5 Å². The Bertz CT molecular complexity index is 797. The number of hydrogen-bond acceptors (Lipinski definition) is 3. The Morgan fingerprint density at radius 3 is 2.78 bits per heavy atom. The van der Waals surface area contributed by atoms with Crippen LogP contribution in [0.3, 0.4) is 0 Å². The Hall–Kier alpha value is -2.31. The van der Waals surface area contributed by atoms with E-state index in [2.05, 4.69) is 22.3 Å². The van der Waals surface area contributed by atoms with E-state index in [1.807, 2.05) is 12.1 Å². The smallest absolute Gasteiger partial charge is 0.221 e. The molecule has 3 N–H and O–H groups in total. The van der Waals surface area contributed by atoms with E-state index in [1.54, 1.807) is 0 Å². The summed E-state index contributed by atoms with van der Waals surface area (Å²) >= 11 is 0. The Balaban J connectivity index is 1.54. The molecule has 0 bridgehead atoms. The molecule has 6 heteroatoms. The lowest BCUT2D eigenvalue weighted by atomic mass is 9.97. The van der Waals surface area contributed by atoms with E-state index in [0.29, 0.717) is 18.7 Å². The van der Waals surface area contributed by atoms with Crippen molar-refractivity contribution in [2.45, 2.75) is 32.5 Å². The van der Waals surface area contributed by atoms with Crippen LogP contribution < -0.4 is 11.1 Å². The summed E-state index contributed by atoms with van der Waals surface area (Å²) < 4.78 is 26.9. The fourth-order valence-electron chi connectivity index (χ4n) is 3.55. The minimum absolute atomic E-state index is 0.0650. The minimum atomic E-state index is -0.439. The largest absolute Gasteiger partial charge is 0.369 e. The second-order valence-electron chi connectivity index (χ2n) is 7.14. The number of amides is 1. The Kier molecular flexibility index (Phi) is 6.53. The molecule has 0 aliphatic carbocycles. The van der Waals surface area contributed by atoms with Gasteiger partial charge in [0.1, 0.15) is 11.6 Å². The molecule has 0 saturated carbocycles. The Morgan fingerprint density at radius 2 is 1.96 bits per heavy atom. The van der Waals surface area contributed by atoms with E-state index >= 15 is 0 Å². The second-order valence-corrected chi connectivity index (χ2v) is 7.14. The predicted octanol–water partition coefficient (Wildman–Crippen LogP) is 2.95. The van der Waals surface area contributed by atoms with Gasteiger partial charge in [-0.05, 0) is 48.7 Å². The molecule has 1 heterocycles. The maximum absolute atomic E-state index is 13.7. The van der Waals surface area contributed by atoms with Crippen LogP contribution in [0.4, 0.5) is 8.78 Å². The third-order valence-electron chi connectivity index (χ3n) is 4.96. The predicted molar refractivity (Wildman–Crippen MR) is 101 cm³/mol. The van der Waals surface area contributed by atoms with Gasteiger partial charge in [-0.1, -0.05) is 24.3 Å². The van der Waals surface area contributed by atoms with Crippen molar-refractivity contribution in [3.63, 3.8) is 0 Å². The lowest BCUT2D eigenvalue weighted by molar-refractivity contribution is -0.123. The first-order valence-corrected chi connectivity index (χ1v) is 9.25. The Labute approximate surface area is 158 Å². The molecule has 1 atom stereocenters.